The molecule has 0 radical (unpaired) electrons. The number of carbonyl (C=O) groups excluding carboxylic acids is 1. The first-order chi connectivity index (χ1) is 12.3. The predicted molar refractivity (Wildman–Crippen MR) is 105 cm³/mol. The highest BCUT2D eigenvalue weighted by Gasteiger charge is 2.62. The normalized spacial score (nSPS) is 50.0. The summed E-state index contributed by atoms with van der Waals surface area (Å²) in [7, 11) is 0. The van der Waals surface area contributed by atoms with Crippen LogP contribution >= 0.6 is 15.9 Å². The SMILES string of the molecule is CC[C@H]1[C@H](/C=C/C2=CC=C(Br)C3C(C)C23)[C@@H]2[C@@H](C)OC(=O)[C@]2(O)C[C@@H]1C. The molecular formula is C22H29BrO3. The first-order valence-electron chi connectivity index (χ1n) is 9.98. The molecule has 0 aromatic rings. The summed E-state index contributed by atoms with van der Waals surface area (Å²) in [5.74, 6) is 2.27. The second kappa shape index (κ2) is 6.34. The Hall–Kier alpha value is -0.870. The van der Waals surface area contributed by atoms with Crippen molar-refractivity contribution in [3.8, 4) is 0 Å². The van der Waals surface area contributed by atoms with Crippen LogP contribution in [-0.4, -0.2) is 22.8 Å². The van der Waals surface area contributed by atoms with E-state index in [1.165, 1.54) is 10.1 Å². The largest absolute Gasteiger partial charge is 0.460 e. The summed E-state index contributed by atoms with van der Waals surface area (Å²) in [5, 5.41) is 11.1. The van der Waals surface area contributed by atoms with Crippen LogP contribution in [-0.2, 0) is 9.53 Å². The summed E-state index contributed by atoms with van der Waals surface area (Å²) >= 11 is 3.68. The van der Waals surface area contributed by atoms with Crippen LogP contribution in [0.5, 0.6) is 0 Å². The summed E-state index contributed by atoms with van der Waals surface area (Å²) in [6, 6.07) is 0. The predicted octanol–water partition coefficient (Wildman–Crippen LogP) is 4.62. The second-order valence-electron chi connectivity index (χ2n) is 8.88. The van der Waals surface area contributed by atoms with Crippen molar-refractivity contribution >= 4 is 21.9 Å². The van der Waals surface area contributed by atoms with Crippen molar-refractivity contribution in [1.29, 1.82) is 0 Å². The summed E-state index contributed by atoms with van der Waals surface area (Å²) in [5.41, 5.74) is 0.0546. The highest BCUT2D eigenvalue weighted by atomic mass is 79.9. The van der Waals surface area contributed by atoms with E-state index in [9.17, 15) is 9.90 Å². The molecule has 1 saturated heterocycles. The van der Waals surface area contributed by atoms with Crippen LogP contribution in [0.2, 0.25) is 0 Å². The van der Waals surface area contributed by atoms with Gasteiger partial charge in [-0.2, -0.15) is 0 Å². The van der Waals surface area contributed by atoms with Gasteiger partial charge in [-0.05, 0) is 53.0 Å². The van der Waals surface area contributed by atoms with Crippen LogP contribution in [0.4, 0.5) is 0 Å². The van der Waals surface area contributed by atoms with Gasteiger partial charge in [-0.1, -0.05) is 67.4 Å². The average molecular weight is 421 g/mol. The third-order valence-electron chi connectivity index (χ3n) is 7.48. The minimum Gasteiger partial charge on any atom is -0.460 e. The van der Waals surface area contributed by atoms with Crippen LogP contribution < -0.4 is 0 Å². The van der Waals surface area contributed by atoms with E-state index < -0.39 is 11.6 Å². The molecule has 3 aliphatic carbocycles. The fourth-order valence-corrected chi connectivity index (χ4v) is 6.96. The molecule has 0 aromatic carbocycles. The molecule has 3 unspecified atom stereocenters. The van der Waals surface area contributed by atoms with E-state index in [2.05, 4.69) is 61.0 Å². The Morgan fingerprint density at radius 3 is 2.73 bits per heavy atom. The van der Waals surface area contributed by atoms with Gasteiger partial charge in [-0.3, -0.25) is 0 Å². The van der Waals surface area contributed by atoms with Crippen molar-refractivity contribution in [2.45, 2.75) is 52.2 Å². The number of rotatable bonds is 3. The van der Waals surface area contributed by atoms with E-state index >= 15 is 0 Å². The molecule has 4 heteroatoms. The van der Waals surface area contributed by atoms with Gasteiger partial charge in [0.15, 0.2) is 5.60 Å². The molecule has 0 amide bonds. The summed E-state index contributed by atoms with van der Waals surface area (Å²) < 4.78 is 6.79. The van der Waals surface area contributed by atoms with Gasteiger partial charge in [-0.25, -0.2) is 4.79 Å². The van der Waals surface area contributed by atoms with Crippen LogP contribution in [0.15, 0.2) is 34.4 Å². The summed E-state index contributed by atoms with van der Waals surface area (Å²) in [6.45, 7) is 8.62. The Morgan fingerprint density at radius 1 is 1.31 bits per heavy atom. The number of hydrogen-bond acceptors (Lipinski definition) is 3. The van der Waals surface area contributed by atoms with Gasteiger partial charge in [0, 0.05) is 11.8 Å². The van der Waals surface area contributed by atoms with Gasteiger partial charge >= 0.3 is 5.97 Å². The van der Waals surface area contributed by atoms with E-state index in [1.54, 1.807) is 0 Å². The maximum Gasteiger partial charge on any atom is 0.338 e. The molecule has 26 heavy (non-hydrogen) atoms. The van der Waals surface area contributed by atoms with Gasteiger partial charge < -0.3 is 9.84 Å². The molecule has 0 spiro atoms. The van der Waals surface area contributed by atoms with E-state index in [4.69, 9.17) is 4.74 Å². The molecule has 142 valence electrons. The standard InChI is InChI=1S/C22H29BrO3/c1-5-15-11(2)10-22(25)20(13(4)26-21(22)24)16(15)8-6-14-7-9-17(23)19-12(3)18(14)19/h6-9,11-13,15-16,18-20,25H,5,10H2,1-4H3/b8-6+/t11-,12?,13+,15+,16-,18?,19?,20-,22-/m0/s1. The first-order valence-corrected chi connectivity index (χ1v) is 10.8. The Balaban J connectivity index is 1.65. The molecule has 4 rings (SSSR count). The molecule has 0 aromatic heterocycles. The molecule has 2 saturated carbocycles. The van der Waals surface area contributed by atoms with Gasteiger partial charge in [0.05, 0.1) is 0 Å². The second-order valence-corrected chi connectivity index (χ2v) is 9.80. The maximum absolute atomic E-state index is 12.3. The number of carbonyl (C=O) groups is 1. The molecule has 4 aliphatic rings. The number of allylic oxidation sites excluding steroid dienone is 6. The van der Waals surface area contributed by atoms with Crippen LogP contribution in [0.25, 0.3) is 0 Å². The average Bonchev–Trinajstić information content (AvgIpc) is 3.20. The minimum absolute atomic E-state index is 0.147. The van der Waals surface area contributed by atoms with E-state index in [-0.39, 0.29) is 17.9 Å². The van der Waals surface area contributed by atoms with Crippen molar-refractivity contribution < 1.29 is 14.6 Å². The number of halogens is 1. The zero-order valence-corrected chi connectivity index (χ0v) is 17.6. The molecular weight excluding hydrogens is 392 g/mol. The molecule has 3 fully saturated rings. The number of ether oxygens (including phenoxy) is 1. The van der Waals surface area contributed by atoms with Crippen molar-refractivity contribution in [2.75, 3.05) is 0 Å². The van der Waals surface area contributed by atoms with Crippen molar-refractivity contribution in [3.05, 3.63) is 34.4 Å². The molecule has 1 aliphatic heterocycles. The van der Waals surface area contributed by atoms with E-state index in [0.717, 1.165) is 6.42 Å². The van der Waals surface area contributed by atoms with Crippen LogP contribution in [0.1, 0.15) is 40.5 Å². The topological polar surface area (TPSA) is 46.5 Å². The molecule has 1 heterocycles. The lowest BCUT2D eigenvalue weighted by atomic mass is 9.59. The molecule has 0 bridgehead atoms. The Labute approximate surface area is 164 Å². The van der Waals surface area contributed by atoms with Crippen LogP contribution in [0, 0.1) is 41.4 Å². The fraction of sp³-hybridized carbons (Fsp3) is 0.682. The van der Waals surface area contributed by atoms with Crippen LogP contribution in [0.3, 0.4) is 0 Å². The molecule has 3 nitrogen and oxygen atoms in total. The Morgan fingerprint density at radius 2 is 2.04 bits per heavy atom. The highest BCUT2D eigenvalue weighted by molar-refractivity contribution is 9.11. The molecule has 1 N–H and O–H groups in total. The van der Waals surface area contributed by atoms with E-state index in [1.807, 2.05) is 6.92 Å². The number of esters is 1. The van der Waals surface area contributed by atoms with Gasteiger partial charge in [0.25, 0.3) is 0 Å². The smallest absolute Gasteiger partial charge is 0.338 e. The maximum atomic E-state index is 12.3. The highest BCUT2D eigenvalue weighted by Crippen LogP contribution is 2.59. The monoisotopic (exact) mass is 420 g/mol. The lowest BCUT2D eigenvalue weighted by Gasteiger charge is -2.45. The zero-order valence-electron chi connectivity index (χ0n) is 16.0. The zero-order chi connectivity index (χ0) is 18.8. The van der Waals surface area contributed by atoms with E-state index in [0.29, 0.717) is 36.0 Å². The number of fused-ring (bicyclic) bond motifs is 2. The summed E-state index contributed by atoms with van der Waals surface area (Å²) in [4.78, 5) is 12.3. The molecule has 9 atom stereocenters. The van der Waals surface area contributed by atoms with Gasteiger partial charge in [-0.15, -0.1) is 0 Å². The van der Waals surface area contributed by atoms with Crippen molar-refractivity contribution in [3.63, 3.8) is 0 Å². The van der Waals surface area contributed by atoms with Crippen molar-refractivity contribution in [2.24, 2.45) is 41.4 Å². The van der Waals surface area contributed by atoms with Gasteiger partial charge in [0.1, 0.15) is 6.10 Å². The number of aliphatic hydroxyl groups is 1. The third-order valence-corrected chi connectivity index (χ3v) is 8.27. The minimum atomic E-state index is -1.32. The number of hydrogen-bond donors (Lipinski definition) is 1. The number of cyclic esters (lactones) is 1. The van der Waals surface area contributed by atoms with Crippen molar-refractivity contribution in [1.82, 2.24) is 0 Å². The summed E-state index contributed by atoms with van der Waals surface area (Å²) in [6.07, 6.45) is 10.3. The lowest BCUT2D eigenvalue weighted by Crippen LogP contribution is -2.53. The Bertz CT molecular complexity index is 708. The quantitative estimate of drug-likeness (QED) is 0.677. The third kappa shape index (κ3) is 2.59. The Kier molecular flexibility index (Phi) is 4.51. The fourth-order valence-electron chi connectivity index (χ4n) is 6.13. The first kappa shape index (κ1) is 18.5. The van der Waals surface area contributed by atoms with Gasteiger partial charge in [0.2, 0.25) is 0 Å². The lowest BCUT2D eigenvalue weighted by molar-refractivity contribution is -0.160.